The van der Waals surface area contributed by atoms with Gasteiger partial charge in [0.05, 0.1) is 12.6 Å². The van der Waals surface area contributed by atoms with E-state index in [1.165, 1.54) is 0 Å². The average Bonchev–Trinajstić information content (AvgIpc) is 2.81. The highest BCUT2D eigenvalue weighted by Crippen LogP contribution is 2.26. The van der Waals surface area contributed by atoms with Crippen molar-refractivity contribution in [3.05, 3.63) is 35.6 Å². The largest absolute Gasteiger partial charge is 0.459 e. The maximum absolute atomic E-state index is 12.7. The van der Waals surface area contributed by atoms with Crippen molar-refractivity contribution in [2.45, 2.75) is 25.3 Å². The number of aryl methyl sites for hydroxylation is 1. The van der Waals surface area contributed by atoms with E-state index in [4.69, 9.17) is 10.2 Å². The summed E-state index contributed by atoms with van der Waals surface area (Å²) in [6.45, 7) is 0.209. The van der Waals surface area contributed by atoms with E-state index in [0.29, 0.717) is 11.3 Å². The van der Waals surface area contributed by atoms with Gasteiger partial charge in [-0.15, -0.1) is 0 Å². The Morgan fingerprint density at radius 1 is 1.29 bits per heavy atom. The second-order valence-electron chi connectivity index (χ2n) is 4.87. The highest BCUT2D eigenvalue weighted by Gasteiger charge is 2.41. The maximum atomic E-state index is 12.7. The van der Waals surface area contributed by atoms with Crippen LogP contribution in [-0.2, 0) is 4.74 Å². The first-order valence-electron chi connectivity index (χ1n) is 6.29. The van der Waals surface area contributed by atoms with Crippen molar-refractivity contribution in [3.8, 4) is 0 Å². The predicted molar refractivity (Wildman–Crippen MR) is 69.6 cm³/mol. The van der Waals surface area contributed by atoms with E-state index in [-0.39, 0.29) is 6.61 Å². The molecule has 3 nitrogen and oxygen atoms in total. The lowest BCUT2D eigenvalue weighted by atomic mass is 10.1. The normalized spacial score (nSPS) is 14.0. The molecule has 0 amide bonds. The van der Waals surface area contributed by atoms with E-state index >= 15 is 0 Å². The molecular weight excluding hydrogens is 290 g/mol. The first-order chi connectivity index (χ1) is 9.79. The molecule has 1 atom stereocenters. The molecule has 2 N–H and O–H groups in total. The smallest absolute Gasteiger partial charge is 0.330 e. The molecule has 2 aromatic rings. The summed E-state index contributed by atoms with van der Waals surface area (Å²) >= 11 is 0. The summed E-state index contributed by atoms with van der Waals surface area (Å²) in [6, 6.07) is 6.40. The van der Waals surface area contributed by atoms with E-state index in [1.54, 1.807) is 12.1 Å². The topological polar surface area (TPSA) is 48.4 Å². The summed E-state index contributed by atoms with van der Waals surface area (Å²) in [4.78, 5) is 0. The molecule has 7 heteroatoms. The van der Waals surface area contributed by atoms with Crippen LogP contribution in [0.3, 0.4) is 0 Å². The van der Waals surface area contributed by atoms with Gasteiger partial charge in [0.1, 0.15) is 18.0 Å². The van der Waals surface area contributed by atoms with Gasteiger partial charge in [0.15, 0.2) is 0 Å². The van der Waals surface area contributed by atoms with Gasteiger partial charge in [-0.05, 0) is 25.1 Å². The molecule has 0 radical (unpaired) electrons. The fourth-order valence-electron chi connectivity index (χ4n) is 1.83. The maximum Gasteiger partial charge on any atom is 0.330 e. The highest BCUT2D eigenvalue weighted by atomic mass is 19.3. The zero-order valence-electron chi connectivity index (χ0n) is 11.3. The lowest BCUT2D eigenvalue weighted by Crippen LogP contribution is -2.33. The molecule has 21 heavy (non-hydrogen) atoms. The molecule has 1 aromatic heterocycles. The molecule has 0 aliphatic carbocycles. The van der Waals surface area contributed by atoms with Crippen LogP contribution in [0.2, 0.25) is 0 Å². The van der Waals surface area contributed by atoms with E-state index in [9.17, 15) is 17.6 Å². The van der Waals surface area contributed by atoms with Crippen LogP contribution in [0, 0.1) is 6.92 Å². The highest BCUT2D eigenvalue weighted by molar-refractivity contribution is 5.78. The van der Waals surface area contributed by atoms with Crippen LogP contribution in [0.1, 0.15) is 17.4 Å². The SMILES string of the molecule is Cc1ccc2oc(C(N)COCC(F)(F)C(F)F)cc2c1. The summed E-state index contributed by atoms with van der Waals surface area (Å²) in [6.07, 6.45) is -3.76. The third-order valence-electron chi connectivity index (χ3n) is 2.97. The summed E-state index contributed by atoms with van der Waals surface area (Å²) in [7, 11) is 0. The molecule has 1 aromatic carbocycles. The van der Waals surface area contributed by atoms with Gasteiger partial charge >= 0.3 is 12.3 Å². The van der Waals surface area contributed by atoms with Gasteiger partial charge < -0.3 is 14.9 Å². The zero-order valence-corrected chi connectivity index (χ0v) is 11.3. The van der Waals surface area contributed by atoms with Gasteiger partial charge in [-0.3, -0.25) is 0 Å². The summed E-state index contributed by atoms with van der Waals surface area (Å²) in [5, 5.41) is 0.832. The number of hydrogen-bond donors (Lipinski definition) is 1. The Labute approximate surface area is 118 Å². The van der Waals surface area contributed by atoms with Gasteiger partial charge in [-0.1, -0.05) is 11.6 Å². The minimum absolute atomic E-state index is 0.332. The van der Waals surface area contributed by atoms with Crippen LogP contribution < -0.4 is 5.73 Å². The van der Waals surface area contributed by atoms with Gasteiger partial charge in [-0.2, -0.15) is 8.78 Å². The molecular formula is C14H15F4NO2. The van der Waals surface area contributed by atoms with Crippen LogP contribution in [0.4, 0.5) is 17.6 Å². The fraction of sp³-hybridized carbons (Fsp3) is 0.429. The second-order valence-corrected chi connectivity index (χ2v) is 4.87. The Hall–Kier alpha value is -1.60. The Kier molecular flexibility index (Phi) is 4.53. The second kappa shape index (κ2) is 6.03. The van der Waals surface area contributed by atoms with Gasteiger partial charge in [0.2, 0.25) is 0 Å². The zero-order chi connectivity index (χ0) is 15.6. The van der Waals surface area contributed by atoms with Crippen molar-refractivity contribution in [1.29, 1.82) is 0 Å². The van der Waals surface area contributed by atoms with Crippen molar-refractivity contribution in [2.24, 2.45) is 5.73 Å². The fourth-order valence-corrected chi connectivity index (χ4v) is 1.83. The molecule has 0 aliphatic rings. The molecule has 0 aliphatic heterocycles. The first kappa shape index (κ1) is 15.8. The molecule has 0 bridgehead atoms. The van der Waals surface area contributed by atoms with Crippen LogP contribution in [0.5, 0.6) is 0 Å². The minimum atomic E-state index is -4.18. The number of alkyl halides is 4. The van der Waals surface area contributed by atoms with Gasteiger partial charge in [0, 0.05) is 5.39 Å². The van der Waals surface area contributed by atoms with Crippen LogP contribution >= 0.6 is 0 Å². The lowest BCUT2D eigenvalue weighted by Gasteiger charge is -2.16. The molecule has 116 valence electrons. The molecule has 1 unspecified atom stereocenters. The van der Waals surface area contributed by atoms with Crippen molar-refractivity contribution in [3.63, 3.8) is 0 Å². The Bertz CT molecular complexity index is 612. The van der Waals surface area contributed by atoms with Crippen molar-refractivity contribution < 1.29 is 26.7 Å². The van der Waals surface area contributed by atoms with Crippen molar-refractivity contribution in [2.75, 3.05) is 13.2 Å². The van der Waals surface area contributed by atoms with E-state index < -0.39 is 25.0 Å². The van der Waals surface area contributed by atoms with Crippen LogP contribution in [0.15, 0.2) is 28.7 Å². The Morgan fingerprint density at radius 3 is 2.67 bits per heavy atom. The standard InChI is InChI=1S/C14H15F4NO2/c1-8-2-3-11-9(4-8)5-12(21-11)10(19)6-20-7-14(17,18)13(15)16/h2-5,10,13H,6-7,19H2,1H3. The summed E-state index contributed by atoms with van der Waals surface area (Å²) in [5.41, 5.74) is 7.40. The summed E-state index contributed by atoms with van der Waals surface area (Å²) in [5.74, 6) is -3.82. The van der Waals surface area contributed by atoms with Gasteiger partial charge in [0.25, 0.3) is 0 Å². The Morgan fingerprint density at radius 2 is 2.00 bits per heavy atom. The Balaban J connectivity index is 1.97. The van der Waals surface area contributed by atoms with Crippen molar-refractivity contribution >= 4 is 11.0 Å². The monoisotopic (exact) mass is 305 g/mol. The molecule has 0 fully saturated rings. The van der Waals surface area contributed by atoms with Gasteiger partial charge in [-0.25, -0.2) is 8.78 Å². The first-order valence-corrected chi connectivity index (χ1v) is 6.29. The van der Waals surface area contributed by atoms with E-state index in [0.717, 1.165) is 10.9 Å². The van der Waals surface area contributed by atoms with Crippen LogP contribution in [-0.4, -0.2) is 25.6 Å². The predicted octanol–water partition coefficient (Wildman–Crippen LogP) is 3.66. The third-order valence-corrected chi connectivity index (χ3v) is 2.97. The minimum Gasteiger partial charge on any atom is -0.459 e. The molecule has 0 spiro atoms. The van der Waals surface area contributed by atoms with E-state index in [2.05, 4.69) is 4.74 Å². The lowest BCUT2D eigenvalue weighted by molar-refractivity contribution is -0.166. The number of benzene rings is 1. The number of fused-ring (bicyclic) bond motifs is 1. The average molecular weight is 305 g/mol. The molecule has 0 saturated carbocycles. The van der Waals surface area contributed by atoms with Crippen molar-refractivity contribution in [1.82, 2.24) is 0 Å². The number of furan rings is 1. The number of nitrogens with two attached hydrogens (primary N) is 1. The molecule has 1 heterocycles. The third kappa shape index (κ3) is 3.74. The van der Waals surface area contributed by atoms with Crippen LogP contribution in [0.25, 0.3) is 11.0 Å². The molecule has 2 rings (SSSR count). The number of ether oxygens (including phenoxy) is 1. The number of rotatable bonds is 6. The number of halogens is 4. The van der Waals surface area contributed by atoms with E-state index in [1.807, 2.05) is 19.1 Å². The molecule has 0 saturated heterocycles. The summed E-state index contributed by atoms with van der Waals surface area (Å²) < 4.78 is 59.3. The quantitative estimate of drug-likeness (QED) is 0.829. The number of hydrogen-bond acceptors (Lipinski definition) is 3.